The molecule has 6 atom stereocenters. The Kier molecular flexibility index (Phi) is 7.58. The summed E-state index contributed by atoms with van der Waals surface area (Å²) in [6, 6.07) is 17.0. The predicted octanol–water partition coefficient (Wildman–Crippen LogP) is 5.59. The quantitative estimate of drug-likeness (QED) is 0.251. The number of aromatic hydroxyl groups is 1. The first-order valence-electron chi connectivity index (χ1n) is 15.7. The van der Waals surface area contributed by atoms with Gasteiger partial charge in [-0.05, 0) is 84.8 Å². The minimum atomic E-state index is -1.51. The van der Waals surface area contributed by atoms with Crippen LogP contribution in [0.2, 0.25) is 5.02 Å². The summed E-state index contributed by atoms with van der Waals surface area (Å²) in [7, 11) is 1.43. The highest BCUT2D eigenvalue weighted by molar-refractivity contribution is 6.30. The smallest absolute Gasteiger partial charge is 0.260 e. The topological polar surface area (TPSA) is 116 Å². The molecule has 2 N–H and O–H groups in total. The summed E-state index contributed by atoms with van der Waals surface area (Å²) in [6.07, 6.45) is 3.05. The molecule has 2 heterocycles. The van der Waals surface area contributed by atoms with Crippen molar-refractivity contribution < 1.29 is 33.4 Å². The third kappa shape index (κ3) is 4.56. The van der Waals surface area contributed by atoms with Crippen LogP contribution in [0.3, 0.4) is 0 Å². The summed E-state index contributed by atoms with van der Waals surface area (Å²) in [4.78, 5) is 58.5. The number of nitrogens with one attached hydrogen (secondary N) is 1. The molecule has 4 amide bonds. The lowest BCUT2D eigenvalue weighted by atomic mass is 9.49. The zero-order chi connectivity index (χ0) is 33.2. The van der Waals surface area contributed by atoms with Crippen LogP contribution in [-0.4, -0.2) is 52.3 Å². The first kappa shape index (κ1) is 30.9. The number of anilines is 1. The van der Waals surface area contributed by atoms with Gasteiger partial charge < -0.3 is 9.84 Å². The van der Waals surface area contributed by atoms with Gasteiger partial charge in [-0.1, -0.05) is 48.4 Å². The Morgan fingerprint density at radius 1 is 0.979 bits per heavy atom. The van der Waals surface area contributed by atoms with Gasteiger partial charge >= 0.3 is 0 Å². The average Bonchev–Trinajstić information content (AvgIpc) is 3.43. The SMILES string of the molecule is CCCN1C(=O)C2CC=C3C(CC4C(=O)N(Nc5ccc(F)cc5)C(=O)C4(c4ccc(Cl)cc4)C3c3ccc(O)c(OC)c3)C2C1=O. The molecule has 2 saturated heterocycles. The lowest BCUT2D eigenvalue weighted by Gasteiger charge is -2.50. The fourth-order valence-electron chi connectivity index (χ4n) is 8.41. The van der Waals surface area contributed by atoms with Crippen molar-refractivity contribution in [3.63, 3.8) is 0 Å². The maximum atomic E-state index is 15.1. The Bertz CT molecular complexity index is 1830. The number of benzene rings is 3. The summed E-state index contributed by atoms with van der Waals surface area (Å²) in [6.45, 7) is 2.23. The zero-order valence-corrected chi connectivity index (χ0v) is 26.5. The van der Waals surface area contributed by atoms with Gasteiger partial charge in [0.15, 0.2) is 11.5 Å². The molecule has 242 valence electrons. The largest absolute Gasteiger partial charge is 0.504 e. The van der Waals surface area contributed by atoms with E-state index in [9.17, 15) is 23.9 Å². The number of nitrogens with zero attached hydrogens (tertiary/aromatic N) is 2. The molecule has 3 fully saturated rings. The number of amides is 4. The number of phenols is 1. The minimum absolute atomic E-state index is 0.0985. The standard InChI is InChI=1S/C36H33ClFN3O6/c1-3-16-40-32(43)25-14-13-24-26(30(25)34(40)45)18-27-33(44)41(39-23-11-9-22(38)10-12-23)35(46)36(27,20-5-7-21(37)8-6-20)31(24)19-4-15-28(42)29(17-19)47-2/h4-13,15,17,25-27,30-31,39,42H,3,14,16,18H2,1-2H3. The van der Waals surface area contributed by atoms with Gasteiger partial charge in [0.2, 0.25) is 11.8 Å². The second-order valence-corrected chi connectivity index (χ2v) is 13.1. The molecule has 3 aromatic carbocycles. The highest BCUT2D eigenvalue weighted by Crippen LogP contribution is 2.64. The maximum Gasteiger partial charge on any atom is 0.260 e. The zero-order valence-electron chi connectivity index (χ0n) is 25.8. The van der Waals surface area contributed by atoms with E-state index in [1.54, 1.807) is 36.4 Å². The van der Waals surface area contributed by atoms with E-state index in [-0.39, 0.29) is 29.7 Å². The summed E-state index contributed by atoms with van der Waals surface area (Å²) in [5, 5.41) is 12.0. The van der Waals surface area contributed by atoms with Crippen LogP contribution >= 0.6 is 11.6 Å². The number of phenolic OH excluding ortho intramolecular Hbond substituents is 1. The van der Waals surface area contributed by atoms with Crippen molar-refractivity contribution in [2.24, 2.45) is 23.7 Å². The van der Waals surface area contributed by atoms with Crippen molar-refractivity contribution in [2.75, 3.05) is 19.1 Å². The number of likely N-dealkylation sites (tertiary alicyclic amines) is 1. The van der Waals surface area contributed by atoms with E-state index in [0.29, 0.717) is 41.2 Å². The molecule has 7 rings (SSSR count). The Hall–Kier alpha value is -4.70. The van der Waals surface area contributed by atoms with Gasteiger partial charge in [0, 0.05) is 17.5 Å². The highest BCUT2D eigenvalue weighted by atomic mass is 35.5. The number of rotatable bonds is 7. The number of carbonyl (C=O) groups is 4. The molecule has 9 nitrogen and oxygen atoms in total. The Balaban J connectivity index is 1.46. The number of allylic oxidation sites excluding steroid dienone is 2. The summed E-state index contributed by atoms with van der Waals surface area (Å²) in [5.74, 6) is -5.38. The van der Waals surface area contributed by atoms with Gasteiger partial charge in [0.25, 0.3) is 11.8 Å². The van der Waals surface area contributed by atoms with Crippen molar-refractivity contribution >= 4 is 40.9 Å². The van der Waals surface area contributed by atoms with Crippen LogP contribution in [0.5, 0.6) is 11.5 Å². The van der Waals surface area contributed by atoms with Crippen LogP contribution in [-0.2, 0) is 24.6 Å². The van der Waals surface area contributed by atoms with Gasteiger partial charge in [0.1, 0.15) is 5.82 Å². The van der Waals surface area contributed by atoms with Crippen molar-refractivity contribution in [2.45, 2.75) is 37.5 Å². The van der Waals surface area contributed by atoms with E-state index in [1.807, 2.05) is 13.0 Å². The molecular weight excluding hydrogens is 625 g/mol. The number of fused-ring (bicyclic) bond motifs is 4. The van der Waals surface area contributed by atoms with Crippen LogP contribution in [0.15, 0.2) is 78.4 Å². The second kappa shape index (κ2) is 11.5. The van der Waals surface area contributed by atoms with E-state index in [2.05, 4.69) is 5.43 Å². The van der Waals surface area contributed by atoms with E-state index in [0.717, 1.165) is 10.6 Å². The van der Waals surface area contributed by atoms with Gasteiger partial charge in [0.05, 0.1) is 36.0 Å². The highest BCUT2D eigenvalue weighted by Gasteiger charge is 2.70. The fourth-order valence-corrected chi connectivity index (χ4v) is 8.54. The van der Waals surface area contributed by atoms with Crippen molar-refractivity contribution in [1.29, 1.82) is 0 Å². The average molecular weight is 658 g/mol. The van der Waals surface area contributed by atoms with Crippen molar-refractivity contribution in [3.05, 3.63) is 100 Å². The molecule has 0 spiro atoms. The summed E-state index contributed by atoms with van der Waals surface area (Å²) in [5.41, 5.74) is 3.69. The van der Waals surface area contributed by atoms with E-state index < -0.39 is 52.6 Å². The number of hydrogen-bond acceptors (Lipinski definition) is 7. The van der Waals surface area contributed by atoms with Gasteiger partial charge in [-0.25, -0.2) is 4.39 Å². The molecule has 6 unspecified atom stereocenters. The van der Waals surface area contributed by atoms with Crippen LogP contribution in [0.25, 0.3) is 0 Å². The number of imide groups is 2. The number of hydrogen-bond donors (Lipinski definition) is 2. The first-order chi connectivity index (χ1) is 22.6. The Morgan fingerprint density at radius 3 is 2.38 bits per heavy atom. The summed E-state index contributed by atoms with van der Waals surface area (Å²) < 4.78 is 19.3. The number of ether oxygens (including phenoxy) is 1. The maximum absolute atomic E-state index is 15.1. The van der Waals surface area contributed by atoms with E-state index >= 15 is 4.79 Å². The van der Waals surface area contributed by atoms with Crippen molar-refractivity contribution in [1.82, 2.24) is 9.91 Å². The predicted molar refractivity (Wildman–Crippen MR) is 171 cm³/mol. The van der Waals surface area contributed by atoms with Crippen LogP contribution in [0.1, 0.15) is 43.2 Å². The summed E-state index contributed by atoms with van der Waals surface area (Å²) >= 11 is 6.32. The van der Waals surface area contributed by atoms with E-state index in [4.69, 9.17) is 16.3 Å². The monoisotopic (exact) mass is 657 g/mol. The number of hydrazine groups is 1. The van der Waals surface area contributed by atoms with Crippen LogP contribution in [0.4, 0.5) is 10.1 Å². The van der Waals surface area contributed by atoms with Gasteiger partial charge in [-0.2, -0.15) is 5.01 Å². The molecule has 11 heteroatoms. The van der Waals surface area contributed by atoms with Crippen LogP contribution in [0, 0.1) is 29.5 Å². The number of carbonyl (C=O) groups excluding carboxylic acids is 4. The van der Waals surface area contributed by atoms with Crippen LogP contribution < -0.4 is 10.2 Å². The fraction of sp³-hybridized carbons (Fsp3) is 0.333. The molecule has 3 aromatic rings. The second-order valence-electron chi connectivity index (χ2n) is 12.6. The third-order valence-electron chi connectivity index (χ3n) is 10.3. The normalized spacial score (nSPS) is 28.2. The molecule has 0 bridgehead atoms. The molecular formula is C36H33ClFN3O6. The first-order valence-corrected chi connectivity index (χ1v) is 16.1. The lowest BCUT2D eigenvalue weighted by Crippen LogP contribution is -2.53. The Morgan fingerprint density at radius 2 is 1.70 bits per heavy atom. The van der Waals surface area contributed by atoms with Gasteiger partial charge in [-0.3, -0.25) is 29.5 Å². The Labute approximate surface area is 275 Å². The number of methoxy groups -OCH3 is 1. The number of halogens is 2. The lowest BCUT2D eigenvalue weighted by molar-refractivity contribution is -0.141. The molecule has 2 aliphatic heterocycles. The van der Waals surface area contributed by atoms with Crippen molar-refractivity contribution in [3.8, 4) is 11.5 Å². The third-order valence-corrected chi connectivity index (χ3v) is 10.6. The molecule has 2 aliphatic carbocycles. The molecule has 0 radical (unpaired) electrons. The molecule has 47 heavy (non-hydrogen) atoms. The molecule has 0 aromatic heterocycles. The molecule has 1 saturated carbocycles. The van der Waals surface area contributed by atoms with Gasteiger partial charge in [-0.15, -0.1) is 0 Å². The molecule has 4 aliphatic rings. The minimum Gasteiger partial charge on any atom is -0.504 e. The van der Waals surface area contributed by atoms with E-state index in [1.165, 1.54) is 42.3 Å².